The van der Waals surface area contributed by atoms with Crippen LogP contribution in [0.1, 0.15) is 41.9 Å². The molecule has 0 saturated carbocycles. The SMILES string of the molecule is CCC(c1ccccc1)c1ncc(Cc2ccccc2)[nH]1. The van der Waals surface area contributed by atoms with Crippen molar-refractivity contribution in [2.75, 3.05) is 0 Å². The molecule has 1 unspecified atom stereocenters. The van der Waals surface area contributed by atoms with Gasteiger partial charge in [0.05, 0.1) is 0 Å². The first-order chi connectivity index (χ1) is 10.4. The van der Waals surface area contributed by atoms with E-state index in [2.05, 4.69) is 71.5 Å². The third kappa shape index (κ3) is 3.22. The Kier molecular flexibility index (Phi) is 4.15. The minimum atomic E-state index is 0.343. The minimum absolute atomic E-state index is 0.343. The normalized spacial score (nSPS) is 12.2. The van der Waals surface area contributed by atoms with Crippen LogP contribution in [-0.2, 0) is 6.42 Å². The fraction of sp³-hybridized carbons (Fsp3) is 0.211. The number of aromatic amines is 1. The standard InChI is InChI=1S/C19H20N2/c1-2-18(16-11-7-4-8-12-16)19-20-14-17(21-19)13-15-9-5-3-6-10-15/h3-12,14,18H,2,13H2,1H3,(H,20,21). The van der Waals surface area contributed by atoms with Crippen LogP contribution in [0.25, 0.3) is 0 Å². The van der Waals surface area contributed by atoms with Gasteiger partial charge in [0.15, 0.2) is 0 Å². The van der Waals surface area contributed by atoms with Gasteiger partial charge >= 0.3 is 0 Å². The minimum Gasteiger partial charge on any atom is -0.345 e. The summed E-state index contributed by atoms with van der Waals surface area (Å²) >= 11 is 0. The third-order valence-corrected chi connectivity index (χ3v) is 3.83. The molecule has 0 amide bonds. The van der Waals surface area contributed by atoms with Crippen LogP contribution in [-0.4, -0.2) is 9.97 Å². The van der Waals surface area contributed by atoms with Crippen molar-refractivity contribution in [3.63, 3.8) is 0 Å². The van der Waals surface area contributed by atoms with Gasteiger partial charge in [-0.05, 0) is 17.5 Å². The van der Waals surface area contributed by atoms with E-state index < -0.39 is 0 Å². The van der Waals surface area contributed by atoms with Crippen LogP contribution in [0.4, 0.5) is 0 Å². The molecule has 0 bridgehead atoms. The first kappa shape index (κ1) is 13.6. The van der Waals surface area contributed by atoms with E-state index in [0.717, 1.165) is 18.7 Å². The fourth-order valence-corrected chi connectivity index (χ4v) is 2.73. The molecule has 1 atom stereocenters. The molecule has 2 aromatic carbocycles. The number of nitrogens with zero attached hydrogens (tertiary/aromatic N) is 1. The number of aromatic nitrogens is 2. The Morgan fingerprint density at radius 1 is 0.952 bits per heavy atom. The zero-order valence-corrected chi connectivity index (χ0v) is 12.3. The van der Waals surface area contributed by atoms with Gasteiger partial charge in [0.2, 0.25) is 0 Å². The highest BCUT2D eigenvalue weighted by atomic mass is 14.9. The molecule has 2 nitrogen and oxygen atoms in total. The Morgan fingerprint density at radius 2 is 1.62 bits per heavy atom. The zero-order chi connectivity index (χ0) is 14.5. The van der Waals surface area contributed by atoms with Crippen molar-refractivity contribution in [3.05, 3.63) is 89.5 Å². The molecular weight excluding hydrogens is 256 g/mol. The molecule has 1 heterocycles. The monoisotopic (exact) mass is 276 g/mol. The molecule has 106 valence electrons. The number of nitrogens with one attached hydrogen (secondary N) is 1. The molecule has 0 saturated heterocycles. The van der Waals surface area contributed by atoms with Crippen molar-refractivity contribution in [3.8, 4) is 0 Å². The molecule has 0 aliphatic rings. The van der Waals surface area contributed by atoms with E-state index in [1.807, 2.05) is 12.3 Å². The Bertz CT molecular complexity index is 671. The van der Waals surface area contributed by atoms with Gasteiger partial charge in [0, 0.05) is 24.2 Å². The van der Waals surface area contributed by atoms with Crippen LogP contribution < -0.4 is 0 Å². The number of H-pyrrole nitrogens is 1. The van der Waals surface area contributed by atoms with Crippen molar-refractivity contribution in [2.45, 2.75) is 25.7 Å². The molecule has 0 aliphatic carbocycles. The Morgan fingerprint density at radius 3 is 2.29 bits per heavy atom. The summed E-state index contributed by atoms with van der Waals surface area (Å²) in [6.07, 6.45) is 3.91. The number of hydrogen-bond donors (Lipinski definition) is 1. The van der Waals surface area contributed by atoms with Crippen LogP contribution in [0.5, 0.6) is 0 Å². The predicted molar refractivity (Wildman–Crippen MR) is 86.4 cm³/mol. The fourth-order valence-electron chi connectivity index (χ4n) is 2.73. The summed E-state index contributed by atoms with van der Waals surface area (Å²) in [5, 5.41) is 0. The second-order valence-electron chi connectivity index (χ2n) is 5.33. The lowest BCUT2D eigenvalue weighted by molar-refractivity contribution is 0.727. The number of benzene rings is 2. The Labute approximate surface area is 125 Å². The summed E-state index contributed by atoms with van der Waals surface area (Å²) in [5.74, 6) is 1.41. The van der Waals surface area contributed by atoms with Crippen molar-refractivity contribution in [1.29, 1.82) is 0 Å². The van der Waals surface area contributed by atoms with Gasteiger partial charge in [0.25, 0.3) is 0 Å². The quantitative estimate of drug-likeness (QED) is 0.728. The molecule has 0 radical (unpaired) electrons. The van der Waals surface area contributed by atoms with E-state index in [-0.39, 0.29) is 0 Å². The average Bonchev–Trinajstić information content (AvgIpc) is 2.98. The Balaban J connectivity index is 1.80. The van der Waals surface area contributed by atoms with E-state index in [1.54, 1.807) is 0 Å². The first-order valence-electron chi connectivity index (χ1n) is 7.49. The van der Waals surface area contributed by atoms with Crippen molar-refractivity contribution >= 4 is 0 Å². The smallest absolute Gasteiger partial charge is 0.113 e. The summed E-state index contributed by atoms with van der Waals surface area (Å²) in [7, 11) is 0. The lowest BCUT2D eigenvalue weighted by Gasteiger charge is -2.12. The summed E-state index contributed by atoms with van der Waals surface area (Å²) < 4.78 is 0. The molecule has 1 N–H and O–H groups in total. The van der Waals surface area contributed by atoms with Gasteiger partial charge < -0.3 is 4.98 Å². The molecule has 0 aliphatic heterocycles. The van der Waals surface area contributed by atoms with Crippen molar-refractivity contribution in [2.24, 2.45) is 0 Å². The second-order valence-corrected chi connectivity index (χ2v) is 5.33. The van der Waals surface area contributed by atoms with E-state index in [9.17, 15) is 0 Å². The first-order valence-corrected chi connectivity index (χ1v) is 7.49. The average molecular weight is 276 g/mol. The van der Waals surface area contributed by atoms with E-state index >= 15 is 0 Å². The number of imidazole rings is 1. The third-order valence-electron chi connectivity index (χ3n) is 3.83. The van der Waals surface area contributed by atoms with Gasteiger partial charge in [-0.1, -0.05) is 67.6 Å². The van der Waals surface area contributed by atoms with E-state index in [0.29, 0.717) is 5.92 Å². The number of hydrogen-bond acceptors (Lipinski definition) is 1. The lowest BCUT2D eigenvalue weighted by atomic mass is 9.96. The molecule has 3 aromatic rings. The molecule has 3 rings (SSSR count). The molecule has 0 fully saturated rings. The van der Waals surface area contributed by atoms with E-state index in [4.69, 9.17) is 0 Å². The van der Waals surface area contributed by atoms with Gasteiger partial charge in [-0.25, -0.2) is 4.98 Å². The van der Waals surface area contributed by atoms with Gasteiger partial charge in [-0.2, -0.15) is 0 Å². The molecule has 21 heavy (non-hydrogen) atoms. The summed E-state index contributed by atoms with van der Waals surface area (Å²) in [4.78, 5) is 8.10. The molecular formula is C19H20N2. The maximum absolute atomic E-state index is 4.60. The summed E-state index contributed by atoms with van der Waals surface area (Å²) in [5.41, 5.74) is 3.80. The van der Waals surface area contributed by atoms with Crippen LogP contribution in [0, 0.1) is 0 Å². The topological polar surface area (TPSA) is 28.7 Å². The largest absolute Gasteiger partial charge is 0.345 e. The highest BCUT2D eigenvalue weighted by molar-refractivity contribution is 5.27. The highest BCUT2D eigenvalue weighted by Crippen LogP contribution is 2.25. The van der Waals surface area contributed by atoms with Gasteiger partial charge in [-0.3, -0.25) is 0 Å². The lowest BCUT2D eigenvalue weighted by Crippen LogP contribution is -2.02. The van der Waals surface area contributed by atoms with Crippen LogP contribution in [0.15, 0.2) is 66.9 Å². The van der Waals surface area contributed by atoms with Crippen LogP contribution in [0.3, 0.4) is 0 Å². The maximum Gasteiger partial charge on any atom is 0.113 e. The molecule has 1 aromatic heterocycles. The summed E-state index contributed by atoms with van der Waals surface area (Å²) in [6, 6.07) is 21.1. The maximum atomic E-state index is 4.60. The second kappa shape index (κ2) is 6.40. The molecule has 2 heteroatoms. The predicted octanol–water partition coefficient (Wildman–Crippen LogP) is 4.54. The summed E-state index contributed by atoms with van der Waals surface area (Å²) in [6.45, 7) is 2.21. The van der Waals surface area contributed by atoms with Crippen molar-refractivity contribution < 1.29 is 0 Å². The van der Waals surface area contributed by atoms with E-state index in [1.165, 1.54) is 16.8 Å². The number of rotatable bonds is 5. The van der Waals surface area contributed by atoms with Crippen LogP contribution in [0.2, 0.25) is 0 Å². The highest BCUT2D eigenvalue weighted by Gasteiger charge is 2.15. The Hall–Kier alpha value is -2.35. The van der Waals surface area contributed by atoms with Crippen molar-refractivity contribution in [1.82, 2.24) is 9.97 Å². The van der Waals surface area contributed by atoms with Crippen LogP contribution >= 0.6 is 0 Å². The van der Waals surface area contributed by atoms with Gasteiger partial charge in [-0.15, -0.1) is 0 Å². The van der Waals surface area contributed by atoms with Gasteiger partial charge in [0.1, 0.15) is 5.82 Å². The zero-order valence-electron chi connectivity index (χ0n) is 12.3. The molecule has 0 spiro atoms.